The molecule has 1 aromatic rings. The first-order chi connectivity index (χ1) is 11.7. The van der Waals surface area contributed by atoms with Crippen molar-refractivity contribution in [3.05, 3.63) is 29.8 Å². The molecule has 0 spiro atoms. The van der Waals surface area contributed by atoms with Crippen molar-refractivity contribution in [1.82, 2.24) is 5.32 Å². The summed E-state index contributed by atoms with van der Waals surface area (Å²) in [5.41, 5.74) is 0.667. The third-order valence-corrected chi connectivity index (χ3v) is 3.73. The number of carboxylic acid groups (broad SMARTS) is 1. The second kappa shape index (κ2) is 7.73. The van der Waals surface area contributed by atoms with Crippen LogP contribution in [0.4, 0.5) is 13.2 Å². The van der Waals surface area contributed by atoms with Gasteiger partial charge in [0.25, 0.3) is 0 Å². The summed E-state index contributed by atoms with van der Waals surface area (Å²) in [4.78, 5) is 22.9. The Morgan fingerprint density at radius 3 is 2.40 bits per heavy atom. The van der Waals surface area contributed by atoms with Gasteiger partial charge >= 0.3 is 12.1 Å². The van der Waals surface area contributed by atoms with E-state index in [4.69, 9.17) is 9.84 Å². The number of carbonyl (C=O) groups excluding carboxylic acids is 1. The van der Waals surface area contributed by atoms with Gasteiger partial charge in [0.2, 0.25) is 5.91 Å². The minimum absolute atomic E-state index is 0.0722. The summed E-state index contributed by atoms with van der Waals surface area (Å²) in [6.07, 6.45) is -5.61. The Morgan fingerprint density at radius 2 is 1.88 bits per heavy atom. The van der Waals surface area contributed by atoms with Gasteiger partial charge < -0.3 is 19.9 Å². The third kappa shape index (κ3) is 5.63. The van der Waals surface area contributed by atoms with Crippen LogP contribution in [-0.4, -0.2) is 42.0 Å². The van der Waals surface area contributed by atoms with E-state index in [1.807, 2.05) is 0 Å². The molecular formula is C16H18F3NO5. The molecular weight excluding hydrogens is 343 g/mol. The largest absolute Gasteiger partial charge is 0.484 e. The van der Waals surface area contributed by atoms with Gasteiger partial charge in [-0.1, -0.05) is 12.1 Å². The van der Waals surface area contributed by atoms with Crippen molar-refractivity contribution in [3.8, 4) is 5.75 Å². The first kappa shape index (κ1) is 19.0. The summed E-state index contributed by atoms with van der Waals surface area (Å²) < 4.78 is 46.1. The molecule has 3 atom stereocenters. The molecule has 0 aromatic heterocycles. The Bertz CT molecular complexity index is 617. The summed E-state index contributed by atoms with van der Waals surface area (Å²) in [6, 6.07) is 5.45. The molecule has 138 valence electrons. The van der Waals surface area contributed by atoms with Crippen LogP contribution in [0.1, 0.15) is 31.4 Å². The van der Waals surface area contributed by atoms with Gasteiger partial charge in [0, 0.05) is 0 Å². The molecule has 0 aliphatic carbocycles. The standard InChI is InChI=1S/C16H18F3NO5/c1-9(20-14(21)12-6-7-13(25-12)15(22)23)10-2-4-11(5-3-10)24-8-16(17,18)19/h2-5,9,12-13H,6-8H2,1H3,(H,20,21)(H,22,23)/t9?,12-,13+/m0/s1. The van der Waals surface area contributed by atoms with E-state index in [1.54, 1.807) is 19.1 Å². The number of nitrogens with one attached hydrogen (secondary N) is 1. The van der Waals surface area contributed by atoms with Gasteiger partial charge in [0.05, 0.1) is 6.04 Å². The molecule has 1 aliphatic heterocycles. The maximum absolute atomic E-state index is 12.1. The first-order valence-corrected chi connectivity index (χ1v) is 7.64. The predicted octanol–water partition coefficient (Wildman–Crippen LogP) is 2.44. The van der Waals surface area contributed by atoms with E-state index in [-0.39, 0.29) is 12.2 Å². The summed E-state index contributed by atoms with van der Waals surface area (Å²) in [7, 11) is 0. The quantitative estimate of drug-likeness (QED) is 0.813. The van der Waals surface area contributed by atoms with Crippen molar-refractivity contribution in [3.63, 3.8) is 0 Å². The number of carboxylic acids is 1. The fourth-order valence-electron chi connectivity index (χ4n) is 2.42. The minimum Gasteiger partial charge on any atom is -0.484 e. The Morgan fingerprint density at radius 1 is 1.28 bits per heavy atom. The normalized spacial score (nSPS) is 21.6. The van der Waals surface area contributed by atoms with Crippen LogP contribution in [0.25, 0.3) is 0 Å². The SMILES string of the molecule is CC(NC(=O)[C@@H]1CC[C@H](C(=O)O)O1)c1ccc(OCC(F)(F)F)cc1. The molecule has 1 aliphatic rings. The van der Waals surface area contributed by atoms with E-state index in [2.05, 4.69) is 10.1 Å². The lowest BCUT2D eigenvalue weighted by Crippen LogP contribution is -2.37. The van der Waals surface area contributed by atoms with E-state index in [0.29, 0.717) is 12.0 Å². The molecule has 1 saturated heterocycles. The number of ether oxygens (including phenoxy) is 2. The number of halogens is 3. The maximum atomic E-state index is 12.1. The van der Waals surface area contributed by atoms with Crippen LogP contribution < -0.4 is 10.1 Å². The Kier molecular flexibility index (Phi) is 5.89. The number of alkyl halides is 3. The van der Waals surface area contributed by atoms with Gasteiger partial charge in [-0.05, 0) is 37.5 Å². The van der Waals surface area contributed by atoms with E-state index >= 15 is 0 Å². The van der Waals surface area contributed by atoms with E-state index < -0.39 is 42.9 Å². The summed E-state index contributed by atoms with van der Waals surface area (Å²) in [5.74, 6) is -1.45. The fourth-order valence-corrected chi connectivity index (χ4v) is 2.42. The van der Waals surface area contributed by atoms with Crippen molar-refractivity contribution in [2.45, 2.75) is 44.2 Å². The molecule has 1 fully saturated rings. The number of hydrogen-bond acceptors (Lipinski definition) is 4. The van der Waals surface area contributed by atoms with E-state index in [0.717, 1.165) is 0 Å². The Balaban J connectivity index is 1.87. The molecule has 0 radical (unpaired) electrons. The predicted molar refractivity (Wildman–Crippen MR) is 80.1 cm³/mol. The molecule has 2 rings (SSSR count). The van der Waals surface area contributed by atoms with Crippen molar-refractivity contribution >= 4 is 11.9 Å². The minimum atomic E-state index is -4.41. The lowest BCUT2D eigenvalue weighted by molar-refractivity contribution is -0.153. The molecule has 2 N–H and O–H groups in total. The van der Waals surface area contributed by atoms with Gasteiger partial charge in [-0.3, -0.25) is 4.79 Å². The molecule has 1 amide bonds. The summed E-state index contributed by atoms with van der Waals surface area (Å²) in [6.45, 7) is 0.329. The topological polar surface area (TPSA) is 84.9 Å². The Hall–Kier alpha value is -2.29. The van der Waals surface area contributed by atoms with Crippen molar-refractivity contribution < 1.29 is 37.3 Å². The average Bonchev–Trinajstić information content (AvgIpc) is 3.03. The molecule has 0 bridgehead atoms. The molecule has 0 saturated carbocycles. The third-order valence-electron chi connectivity index (χ3n) is 3.73. The maximum Gasteiger partial charge on any atom is 0.422 e. The smallest absolute Gasteiger partial charge is 0.422 e. The summed E-state index contributed by atoms with van der Waals surface area (Å²) >= 11 is 0. The number of benzene rings is 1. The Labute approximate surface area is 141 Å². The van der Waals surface area contributed by atoms with Crippen LogP contribution in [0.15, 0.2) is 24.3 Å². The zero-order valence-corrected chi connectivity index (χ0v) is 13.4. The number of rotatable bonds is 6. The fraction of sp³-hybridized carbons (Fsp3) is 0.500. The highest BCUT2D eigenvalue weighted by atomic mass is 19.4. The molecule has 1 unspecified atom stereocenters. The van der Waals surface area contributed by atoms with Crippen LogP contribution in [0.3, 0.4) is 0 Å². The van der Waals surface area contributed by atoms with E-state index in [9.17, 15) is 22.8 Å². The molecule has 25 heavy (non-hydrogen) atoms. The second-order valence-electron chi connectivity index (χ2n) is 5.73. The molecule has 1 aromatic carbocycles. The number of aliphatic carboxylic acids is 1. The second-order valence-corrected chi connectivity index (χ2v) is 5.73. The average molecular weight is 361 g/mol. The van der Waals surface area contributed by atoms with Gasteiger partial charge in [-0.2, -0.15) is 13.2 Å². The van der Waals surface area contributed by atoms with Gasteiger partial charge in [0.15, 0.2) is 12.7 Å². The van der Waals surface area contributed by atoms with Gasteiger partial charge in [-0.25, -0.2) is 4.79 Å². The van der Waals surface area contributed by atoms with Crippen molar-refractivity contribution in [1.29, 1.82) is 0 Å². The highest BCUT2D eigenvalue weighted by molar-refractivity contribution is 5.83. The van der Waals surface area contributed by atoms with Crippen LogP contribution in [-0.2, 0) is 14.3 Å². The van der Waals surface area contributed by atoms with Crippen LogP contribution >= 0.6 is 0 Å². The zero-order valence-electron chi connectivity index (χ0n) is 13.4. The summed E-state index contributed by atoms with van der Waals surface area (Å²) in [5, 5.41) is 11.5. The van der Waals surface area contributed by atoms with Crippen molar-refractivity contribution in [2.75, 3.05) is 6.61 Å². The van der Waals surface area contributed by atoms with Gasteiger partial charge in [0.1, 0.15) is 11.9 Å². The number of carbonyl (C=O) groups is 2. The van der Waals surface area contributed by atoms with Crippen LogP contribution in [0.2, 0.25) is 0 Å². The van der Waals surface area contributed by atoms with E-state index in [1.165, 1.54) is 12.1 Å². The highest BCUT2D eigenvalue weighted by Crippen LogP contribution is 2.23. The monoisotopic (exact) mass is 361 g/mol. The lowest BCUT2D eigenvalue weighted by atomic mass is 10.1. The zero-order chi connectivity index (χ0) is 18.6. The highest BCUT2D eigenvalue weighted by Gasteiger charge is 2.35. The molecule has 6 nitrogen and oxygen atoms in total. The van der Waals surface area contributed by atoms with Gasteiger partial charge in [-0.15, -0.1) is 0 Å². The lowest BCUT2D eigenvalue weighted by Gasteiger charge is -2.18. The number of amides is 1. The first-order valence-electron chi connectivity index (χ1n) is 7.64. The molecule has 1 heterocycles. The number of hydrogen-bond donors (Lipinski definition) is 2. The van der Waals surface area contributed by atoms with Crippen LogP contribution in [0.5, 0.6) is 5.75 Å². The molecule has 9 heteroatoms. The van der Waals surface area contributed by atoms with Crippen LogP contribution in [0, 0.1) is 0 Å². The van der Waals surface area contributed by atoms with Crippen molar-refractivity contribution in [2.24, 2.45) is 0 Å².